The predicted molar refractivity (Wildman–Crippen MR) is 191 cm³/mol. The number of allylic oxidation sites excluding steroid dienone is 8. The first-order valence-corrected chi connectivity index (χ1v) is 19.6. The Hall–Kier alpha value is -2.07. The zero-order valence-corrected chi connectivity index (χ0v) is 30.6. The number of esters is 2. The quantitative estimate of drug-likeness (QED) is 0.0263. The molecule has 11 heteroatoms. The molecule has 0 spiro atoms. The van der Waals surface area contributed by atoms with Gasteiger partial charge in [-0.3, -0.25) is 18.6 Å². The Kier molecular flexibility index (Phi) is 32.0. The van der Waals surface area contributed by atoms with Crippen LogP contribution in [0.2, 0.25) is 0 Å². The number of phosphoric ester groups is 1. The zero-order valence-electron chi connectivity index (χ0n) is 29.7. The Balaban J connectivity index is 4.01. The molecular formula is C37H65O10P. The summed E-state index contributed by atoms with van der Waals surface area (Å²) in [6.07, 6.45) is 33.6. The van der Waals surface area contributed by atoms with Crippen LogP contribution in [0.25, 0.3) is 0 Å². The lowest BCUT2D eigenvalue weighted by Gasteiger charge is -2.20. The average Bonchev–Trinajstić information content (AvgIpc) is 3.07. The molecule has 0 aromatic rings. The second kappa shape index (κ2) is 33.4. The fourth-order valence-electron chi connectivity index (χ4n) is 4.43. The summed E-state index contributed by atoms with van der Waals surface area (Å²) < 4.78 is 32.1. The lowest BCUT2D eigenvalue weighted by atomic mass is 10.0. The van der Waals surface area contributed by atoms with Crippen LogP contribution in [0.5, 0.6) is 0 Å². The summed E-state index contributed by atoms with van der Waals surface area (Å²) >= 11 is 0. The molecule has 0 amide bonds. The molecule has 0 aliphatic carbocycles. The number of ether oxygens (including phenoxy) is 2. The maximum atomic E-state index is 12.4. The molecule has 0 aromatic heterocycles. The van der Waals surface area contributed by atoms with Crippen molar-refractivity contribution in [2.75, 3.05) is 26.4 Å². The van der Waals surface area contributed by atoms with Gasteiger partial charge >= 0.3 is 19.8 Å². The molecule has 0 rings (SSSR count). The Labute approximate surface area is 290 Å². The highest BCUT2D eigenvalue weighted by Gasteiger charge is 2.27. The Morgan fingerprint density at radius 3 is 1.71 bits per heavy atom. The highest BCUT2D eigenvalue weighted by Crippen LogP contribution is 2.43. The minimum Gasteiger partial charge on any atom is -0.462 e. The van der Waals surface area contributed by atoms with Crippen LogP contribution in [0.15, 0.2) is 48.6 Å². The number of aliphatic hydroxyl groups is 2. The van der Waals surface area contributed by atoms with E-state index in [1.807, 2.05) is 6.92 Å². The smallest absolute Gasteiger partial charge is 0.462 e. The van der Waals surface area contributed by atoms with Crippen LogP contribution in [-0.4, -0.2) is 65.7 Å². The van der Waals surface area contributed by atoms with Gasteiger partial charge in [0.05, 0.1) is 19.8 Å². The molecule has 0 aromatic carbocycles. The number of aliphatic hydroxyl groups excluding tert-OH is 2. The van der Waals surface area contributed by atoms with Crippen LogP contribution in [-0.2, 0) is 32.7 Å². The van der Waals surface area contributed by atoms with E-state index in [1.165, 1.54) is 38.5 Å². The van der Waals surface area contributed by atoms with Crippen LogP contribution in [0.3, 0.4) is 0 Å². The molecule has 3 atom stereocenters. The van der Waals surface area contributed by atoms with Crippen LogP contribution < -0.4 is 0 Å². The maximum Gasteiger partial charge on any atom is 0.472 e. The molecule has 278 valence electrons. The van der Waals surface area contributed by atoms with Gasteiger partial charge in [0.2, 0.25) is 0 Å². The molecule has 3 N–H and O–H groups in total. The summed E-state index contributed by atoms with van der Waals surface area (Å²) in [6.45, 7) is 1.96. The van der Waals surface area contributed by atoms with Crippen LogP contribution >= 0.6 is 7.82 Å². The molecular weight excluding hydrogens is 635 g/mol. The molecule has 0 aliphatic rings. The van der Waals surface area contributed by atoms with Crippen molar-refractivity contribution >= 4 is 19.8 Å². The van der Waals surface area contributed by atoms with Crippen LogP contribution in [0, 0.1) is 0 Å². The minimum atomic E-state index is -4.59. The Bertz CT molecular complexity index is 946. The van der Waals surface area contributed by atoms with Crippen molar-refractivity contribution < 1.29 is 47.8 Å². The van der Waals surface area contributed by atoms with E-state index in [0.29, 0.717) is 12.8 Å². The summed E-state index contributed by atoms with van der Waals surface area (Å²) in [6, 6.07) is 0. The van der Waals surface area contributed by atoms with Gasteiger partial charge in [-0.15, -0.1) is 0 Å². The second-order valence-electron chi connectivity index (χ2n) is 11.9. The number of hydrogen-bond acceptors (Lipinski definition) is 9. The van der Waals surface area contributed by atoms with Gasteiger partial charge in [0.15, 0.2) is 6.10 Å². The van der Waals surface area contributed by atoms with Gasteiger partial charge < -0.3 is 24.6 Å². The summed E-state index contributed by atoms with van der Waals surface area (Å²) in [4.78, 5) is 34.1. The Morgan fingerprint density at radius 2 is 1.15 bits per heavy atom. The molecule has 0 bridgehead atoms. The van der Waals surface area contributed by atoms with E-state index in [4.69, 9.17) is 19.1 Å². The van der Waals surface area contributed by atoms with Crippen molar-refractivity contribution in [3.05, 3.63) is 48.6 Å². The van der Waals surface area contributed by atoms with E-state index in [-0.39, 0.29) is 19.4 Å². The Morgan fingerprint density at radius 1 is 0.646 bits per heavy atom. The molecule has 0 heterocycles. The van der Waals surface area contributed by atoms with Gasteiger partial charge in [0, 0.05) is 12.8 Å². The normalized spacial score (nSPS) is 14.7. The van der Waals surface area contributed by atoms with E-state index in [0.717, 1.165) is 57.8 Å². The molecule has 3 unspecified atom stereocenters. The number of phosphoric acid groups is 1. The van der Waals surface area contributed by atoms with E-state index in [2.05, 4.69) is 60.1 Å². The van der Waals surface area contributed by atoms with Gasteiger partial charge in [0.1, 0.15) is 12.7 Å². The molecule has 0 saturated heterocycles. The van der Waals surface area contributed by atoms with Crippen molar-refractivity contribution in [2.45, 2.75) is 148 Å². The molecule has 0 fully saturated rings. The van der Waals surface area contributed by atoms with Crippen LogP contribution in [0.1, 0.15) is 136 Å². The number of hydrogen-bond donors (Lipinski definition) is 3. The number of unbranched alkanes of at least 4 members (excludes halogenated alkanes) is 11. The predicted octanol–water partition coefficient (Wildman–Crippen LogP) is 8.60. The standard InChI is InChI=1S/C37H65O10P/c1-3-5-7-8-9-10-11-12-13-14-15-16-17-18-19-20-21-22-23-24-25-26-27-29-37(41)47-35(32-44-36(40)28-6-4-2)33-46-48(42,43)45-31-34(39)30-38/h5,7,9-10,12-13,15-16,34-35,38-39H,3-4,6,8,11,14,17-33H2,1-2H3,(H,42,43)/b7-5-,10-9-,13-12-,16-15-. The molecule has 0 saturated carbocycles. The lowest BCUT2D eigenvalue weighted by Crippen LogP contribution is -2.29. The van der Waals surface area contributed by atoms with Gasteiger partial charge in [-0.1, -0.05) is 120 Å². The first kappa shape index (κ1) is 45.9. The third-order valence-electron chi connectivity index (χ3n) is 7.25. The molecule has 0 radical (unpaired) electrons. The maximum absolute atomic E-state index is 12.4. The fourth-order valence-corrected chi connectivity index (χ4v) is 5.22. The van der Waals surface area contributed by atoms with Gasteiger partial charge in [-0.05, 0) is 51.4 Å². The SMILES string of the molecule is CC/C=C\C/C=C\C/C=C\C/C=C\CCCCCCCCCCCCC(=O)OC(COC(=O)CCCC)COP(=O)(O)OCC(O)CO. The van der Waals surface area contributed by atoms with Gasteiger partial charge in [-0.25, -0.2) is 4.57 Å². The van der Waals surface area contributed by atoms with Gasteiger partial charge in [0.25, 0.3) is 0 Å². The van der Waals surface area contributed by atoms with Crippen molar-refractivity contribution in [3.63, 3.8) is 0 Å². The summed E-state index contributed by atoms with van der Waals surface area (Å²) in [5.41, 5.74) is 0. The summed E-state index contributed by atoms with van der Waals surface area (Å²) in [5, 5.41) is 18.1. The minimum absolute atomic E-state index is 0.176. The van der Waals surface area contributed by atoms with E-state index in [9.17, 15) is 24.2 Å². The largest absolute Gasteiger partial charge is 0.472 e. The molecule has 48 heavy (non-hydrogen) atoms. The third-order valence-corrected chi connectivity index (χ3v) is 8.20. The van der Waals surface area contributed by atoms with Crippen molar-refractivity contribution in [3.8, 4) is 0 Å². The van der Waals surface area contributed by atoms with Crippen molar-refractivity contribution in [2.24, 2.45) is 0 Å². The number of carbonyl (C=O) groups is 2. The second-order valence-corrected chi connectivity index (χ2v) is 13.3. The summed E-state index contributed by atoms with van der Waals surface area (Å²) in [7, 11) is -4.59. The van der Waals surface area contributed by atoms with E-state index >= 15 is 0 Å². The number of carbonyl (C=O) groups excluding carboxylic acids is 2. The number of rotatable bonds is 33. The molecule has 10 nitrogen and oxygen atoms in total. The van der Waals surface area contributed by atoms with Gasteiger partial charge in [-0.2, -0.15) is 0 Å². The van der Waals surface area contributed by atoms with Crippen molar-refractivity contribution in [1.29, 1.82) is 0 Å². The topological polar surface area (TPSA) is 149 Å². The third kappa shape index (κ3) is 32.5. The fraction of sp³-hybridized carbons (Fsp3) is 0.730. The summed E-state index contributed by atoms with van der Waals surface area (Å²) in [5.74, 6) is -0.975. The first-order chi connectivity index (χ1) is 23.2. The average molecular weight is 701 g/mol. The highest BCUT2D eigenvalue weighted by molar-refractivity contribution is 7.47. The zero-order chi connectivity index (χ0) is 35.6. The first-order valence-electron chi connectivity index (χ1n) is 18.1. The monoisotopic (exact) mass is 700 g/mol. The van der Waals surface area contributed by atoms with E-state index < -0.39 is 51.8 Å². The van der Waals surface area contributed by atoms with E-state index in [1.54, 1.807) is 0 Å². The lowest BCUT2D eigenvalue weighted by molar-refractivity contribution is -0.161. The molecule has 0 aliphatic heterocycles. The van der Waals surface area contributed by atoms with Crippen LogP contribution in [0.4, 0.5) is 0 Å². The van der Waals surface area contributed by atoms with Crippen molar-refractivity contribution in [1.82, 2.24) is 0 Å². The highest BCUT2D eigenvalue weighted by atomic mass is 31.2.